The number of thiophene rings is 1. The van der Waals surface area contributed by atoms with E-state index in [1.807, 2.05) is 24.4 Å². The van der Waals surface area contributed by atoms with Gasteiger partial charge in [0.1, 0.15) is 5.76 Å². The van der Waals surface area contributed by atoms with Gasteiger partial charge in [-0.05, 0) is 36.5 Å². The number of hydrogen-bond acceptors (Lipinski definition) is 5. The zero-order valence-electron chi connectivity index (χ0n) is 12.2. The molecule has 0 spiro atoms. The van der Waals surface area contributed by atoms with Crippen molar-refractivity contribution in [3.8, 4) is 0 Å². The fraction of sp³-hybridized carbons (Fsp3) is 0.429. The van der Waals surface area contributed by atoms with Crippen LogP contribution in [0.1, 0.15) is 17.6 Å². The van der Waals surface area contributed by atoms with Crippen LogP contribution >= 0.6 is 11.3 Å². The average molecular weight is 328 g/mol. The Labute approximate surface area is 129 Å². The minimum Gasteiger partial charge on any atom is -0.447 e. The third-order valence-corrected chi connectivity index (χ3v) is 5.77. The predicted molar refractivity (Wildman–Crippen MR) is 83.9 cm³/mol. The summed E-state index contributed by atoms with van der Waals surface area (Å²) < 4.78 is 31.5. The molecule has 0 saturated heterocycles. The summed E-state index contributed by atoms with van der Waals surface area (Å²) in [6, 6.07) is 7.19. The van der Waals surface area contributed by atoms with Crippen LogP contribution in [-0.4, -0.2) is 32.9 Å². The number of rotatable bonds is 8. The molecule has 1 N–H and O–H groups in total. The third kappa shape index (κ3) is 4.16. The summed E-state index contributed by atoms with van der Waals surface area (Å²) in [5.41, 5.74) is 0. The minimum absolute atomic E-state index is 0.00378. The number of nitrogens with zero attached hydrogens (tertiary/aromatic N) is 1. The molecule has 116 valence electrons. The normalized spacial score (nSPS) is 12.1. The minimum atomic E-state index is -3.55. The molecule has 7 heteroatoms. The van der Waals surface area contributed by atoms with Crippen molar-refractivity contribution >= 4 is 21.4 Å². The molecule has 0 unspecified atom stereocenters. The second-order valence-electron chi connectivity index (χ2n) is 4.66. The van der Waals surface area contributed by atoms with Crippen LogP contribution in [0.15, 0.2) is 39.2 Å². The molecule has 0 aliphatic heterocycles. The van der Waals surface area contributed by atoms with E-state index in [1.165, 1.54) is 15.2 Å². The van der Waals surface area contributed by atoms with Crippen LogP contribution in [-0.2, 0) is 23.0 Å². The van der Waals surface area contributed by atoms with Crippen LogP contribution in [0.2, 0.25) is 0 Å². The first kappa shape index (κ1) is 16.2. The molecule has 21 heavy (non-hydrogen) atoms. The lowest BCUT2D eigenvalue weighted by Gasteiger charge is -2.14. The van der Waals surface area contributed by atoms with Gasteiger partial charge in [0.05, 0.1) is 6.54 Å². The molecule has 0 bridgehead atoms. The first-order valence-corrected chi connectivity index (χ1v) is 9.14. The van der Waals surface area contributed by atoms with Gasteiger partial charge in [0.15, 0.2) is 0 Å². The molecule has 0 aromatic carbocycles. The van der Waals surface area contributed by atoms with E-state index in [2.05, 4.69) is 5.32 Å². The Bertz CT molecular complexity index is 648. The first-order chi connectivity index (χ1) is 10.0. The van der Waals surface area contributed by atoms with Crippen LogP contribution < -0.4 is 5.32 Å². The van der Waals surface area contributed by atoms with Crippen molar-refractivity contribution in [1.29, 1.82) is 0 Å². The Morgan fingerprint density at radius 2 is 2.14 bits per heavy atom. The molecular weight excluding hydrogens is 308 g/mol. The van der Waals surface area contributed by atoms with E-state index < -0.39 is 10.0 Å². The van der Waals surface area contributed by atoms with Gasteiger partial charge in [-0.3, -0.25) is 0 Å². The van der Waals surface area contributed by atoms with Gasteiger partial charge in [-0.25, -0.2) is 8.42 Å². The predicted octanol–water partition coefficient (Wildman–Crippen LogP) is 2.31. The van der Waals surface area contributed by atoms with Gasteiger partial charge in [-0.1, -0.05) is 13.0 Å². The van der Waals surface area contributed by atoms with Crippen molar-refractivity contribution in [3.63, 3.8) is 0 Å². The number of hydrogen-bond donors (Lipinski definition) is 1. The molecule has 0 aliphatic rings. The van der Waals surface area contributed by atoms with Gasteiger partial charge in [-0.15, -0.1) is 11.3 Å². The Morgan fingerprint density at radius 1 is 1.33 bits per heavy atom. The van der Waals surface area contributed by atoms with Crippen LogP contribution in [0.4, 0.5) is 0 Å². The van der Waals surface area contributed by atoms with E-state index in [-0.39, 0.29) is 5.09 Å². The van der Waals surface area contributed by atoms with E-state index >= 15 is 0 Å². The van der Waals surface area contributed by atoms with Gasteiger partial charge < -0.3 is 9.73 Å². The fourth-order valence-electron chi connectivity index (χ4n) is 1.84. The maximum atomic E-state index is 12.4. The fourth-order valence-corrected chi connectivity index (χ4v) is 3.63. The zero-order valence-corrected chi connectivity index (χ0v) is 13.8. The third-order valence-electron chi connectivity index (χ3n) is 3.10. The molecule has 2 aromatic rings. The summed E-state index contributed by atoms with van der Waals surface area (Å²) in [4.78, 5) is 1.17. The van der Waals surface area contributed by atoms with Crippen LogP contribution in [0, 0.1) is 0 Å². The summed E-state index contributed by atoms with van der Waals surface area (Å²) in [6.45, 7) is 3.76. The second-order valence-corrected chi connectivity index (χ2v) is 7.67. The lowest BCUT2D eigenvalue weighted by atomic mass is 10.3. The summed E-state index contributed by atoms with van der Waals surface area (Å²) in [5, 5.41) is 5.09. The molecule has 2 heterocycles. The summed E-state index contributed by atoms with van der Waals surface area (Å²) in [7, 11) is -1.97. The zero-order chi connectivity index (χ0) is 15.3. The SMILES string of the molecule is CCNCc1ccc(S(=O)(=O)N(C)CCc2cccs2)o1. The summed E-state index contributed by atoms with van der Waals surface area (Å²) in [5.74, 6) is 0.627. The largest absolute Gasteiger partial charge is 0.447 e. The average Bonchev–Trinajstić information content (AvgIpc) is 3.13. The molecule has 5 nitrogen and oxygen atoms in total. The van der Waals surface area contributed by atoms with Gasteiger partial charge >= 0.3 is 0 Å². The molecule has 0 radical (unpaired) electrons. The van der Waals surface area contributed by atoms with Crippen molar-refractivity contribution in [2.75, 3.05) is 20.1 Å². The quantitative estimate of drug-likeness (QED) is 0.808. The smallest absolute Gasteiger partial charge is 0.276 e. The molecule has 0 atom stereocenters. The van der Waals surface area contributed by atoms with E-state index in [9.17, 15) is 8.42 Å². The van der Waals surface area contributed by atoms with E-state index in [1.54, 1.807) is 24.5 Å². The Balaban J connectivity index is 2.00. The number of furan rings is 1. The highest BCUT2D eigenvalue weighted by atomic mass is 32.2. The van der Waals surface area contributed by atoms with Gasteiger partial charge in [-0.2, -0.15) is 4.31 Å². The molecule has 0 fully saturated rings. The van der Waals surface area contributed by atoms with E-state index in [0.717, 1.165) is 6.54 Å². The molecule has 0 saturated carbocycles. The van der Waals surface area contributed by atoms with Crippen LogP contribution in [0.3, 0.4) is 0 Å². The van der Waals surface area contributed by atoms with Crippen LogP contribution in [0.25, 0.3) is 0 Å². The van der Waals surface area contributed by atoms with Crippen molar-refractivity contribution in [3.05, 3.63) is 40.3 Å². The number of nitrogens with one attached hydrogen (secondary N) is 1. The highest BCUT2D eigenvalue weighted by Crippen LogP contribution is 2.19. The maximum Gasteiger partial charge on any atom is 0.276 e. The van der Waals surface area contributed by atoms with Crippen molar-refractivity contribution in [1.82, 2.24) is 9.62 Å². The number of likely N-dealkylation sites (N-methyl/N-ethyl adjacent to an activating group) is 1. The topological polar surface area (TPSA) is 62.6 Å². The Hall–Kier alpha value is -1.15. The van der Waals surface area contributed by atoms with Gasteiger partial charge in [0.2, 0.25) is 5.09 Å². The van der Waals surface area contributed by atoms with E-state index in [0.29, 0.717) is 25.3 Å². The molecular formula is C14H20N2O3S2. The molecule has 2 aromatic heterocycles. The maximum absolute atomic E-state index is 12.4. The van der Waals surface area contributed by atoms with Crippen molar-refractivity contribution < 1.29 is 12.8 Å². The van der Waals surface area contributed by atoms with Crippen molar-refractivity contribution in [2.45, 2.75) is 25.0 Å². The van der Waals surface area contributed by atoms with E-state index in [4.69, 9.17) is 4.42 Å². The lowest BCUT2D eigenvalue weighted by molar-refractivity contribution is 0.382. The van der Waals surface area contributed by atoms with Crippen molar-refractivity contribution in [2.24, 2.45) is 0 Å². The highest BCUT2D eigenvalue weighted by Gasteiger charge is 2.24. The summed E-state index contributed by atoms with van der Waals surface area (Å²) in [6.07, 6.45) is 0.707. The second kappa shape index (κ2) is 7.22. The lowest BCUT2D eigenvalue weighted by Crippen LogP contribution is -2.28. The molecule has 0 amide bonds. The highest BCUT2D eigenvalue weighted by molar-refractivity contribution is 7.89. The van der Waals surface area contributed by atoms with Gasteiger partial charge in [0, 0.05) is 18.5 Å². The number of sulfonamides is 1. The Morgan fingerprint density at radius 3 is 2.81 bits per heavy atom. The molecule has 0 aliphatic carbocycles. The monoisotopic (exact) mass is 328 g/mol. The van der Waals surface area contributed by atoms with Gasteiger partial charge in [0.25, 0.3) is 10.0 Å². The van der Waals surface area contributed by atoms with Crippen LogP contribution in [0.5, 0.6) is 0 Å². The first-order valence-electron chi connectivity index (χ1n) is 6.82. The summed E-state index contributed by atoms with van der Waals surface area (Å²) >= 11 is 1.63. The Kier molecular flexibility index (Phi) is 5.58. The standard InChI is InChI=1S/C14H20N2O3S2/c1-3-15-11-12-6-7-14(19-12)21(17,18)16(2)9-8-13-5-4-10-20-13/h4-7,10,15H,3,8-9,11H2,1-2H3. The molecule has 2 rings (SSSR count).